The van der Waals surface area contributed by atoms with Gasteiger partial charge in [0.15, 0.2) is 11.5 Å². The van der Waals surface area contributed by atoms with Gasteiger partial charge in [0.1, 0.15) is 0 Å². The van der Waals surface area contributed by atoms with Crippen molar-refractivity contribution in [2.45, 2.75) is 32.9 Å². The van der Waals surface area contributed by atoms with Crippen molar-refractivity contribution in [3.05, 3.63) is 22.7 Å². The minimum Gasteiger partial charge on any atom is -0.493 e. The highest BCUT2D eigenvalue weighted by molar-refractivity contribution is 6.33. The van der Waals surface area contributed by atoms with Gasteiger partial charge in [0.2, 0.25) is 0 Å². The van der Waals surface area contributed by atoms with Crippen LogP contribution in [0.25, 0.3) is 0 Å². The third-order valence-electron chi connectivity index (χ3n) is 2.97. The zero-order valence-corrected chi connectivity index (χ0v) is 13.6. The number of ether oxygens (including phenoxy) is 3. The quantitative estimate of drug-likeness (QED) is 0.800. The van der Waals surface area contributed by atoms with Crippen molar-refractivity contribution in [1.29, 1.82) is 0 Å². The second-order valence-electron chi connectivity index (χ2n) is 5.07. The third kappa shape index (κ3) is 4.54. The second-order valence-corrected chi connectivity index (χ2v) is 5.45. The third-order valence-corrected chi connectivity index (χ3v) is 3.38. The molecule has 0 saturated heterocycles. The maximum atomic E-state index is 6.33. The lowest BCUT2D eigenvalue weighted by atomic mass is 10.1. The van der Waals surface area contributed by atoms with Crippen LogP contribution < -0.4 is 14.8 Å². The van der Waals surface area contributed by atoms with Gasteiger partial charge in [-0.1, -0.05) is 17.7 Å². The second kappa shape index (κ2) is 7.72. The zero-order chi connectivity index (χ0) is 15.2. The fourth-order valence-electron chi connectivity index (χ4n) is 2.01. The Labute approximate surface area is 126 Å². The van der Waals surface area contributed by atoms with E-state index < -0.39 is 0 Å². The fraction of sp³-hybridized carbons (Fsp3) is 0.600. The van der Waals surface area contributed by atoms with Gasteiger partial charge in [0.25, 0.3) is 0 Å². The van der Waals surface area contributed by atoms with Crippen LogP contribution in [0.2, 0.25) is 5.02 Å². The first-order chi connectivity index (χ1) is 9.45. The lowest BCUT2D eigenvalue weighted by Crippen LogP contribution is -2.37. The summed E-state index contributed by atoms with van der Waals surface area (Å²) in [6, 6.07) is 3.79. The van der Waals surface area contributed by atoms with Crippen LogP contribution in [0, 0.1) is 0 Å². The van der Waals surface area contributed by atoms with E-state index >= 15 is 0 Å². The Balaban J connectivity index is 2.70. The van der Waals surface area contributed by atoms with E-state index in [2.05, 4.69) is 19.2 Å². The molecule has 0 bridgehead atoms. The molecule has 1 aromatic carbocycles. The molecule has 0 aliphatic carbocycles. The van der Waals surface area contributed by atoms with Crippen molar-refractivity contribution >= 4 is 11.6 Å². The molecular formula is C15H24ClNO3. The SMILES string of the molecule is CCOC(C)(C)CNCc1ccc(OC)c(OC)c1Cl. The van der Waals surface area contributed by atoms with Gasteiger partial charge in [0.05, 0.1) is 24.8 Å². The minimum atomic E-state index is -0.197. The fourth-order valence-corrected chi connectivity index (χ4v) is 2.31. The molecule has 0 heterocycles. The molecule has 0 aromatic heterocycles. The molecule has 114 valence electrons. The number of hydrogen-bond donors (Lipinski definition) is 1. The Kier molecular flexibility index (Phi) is 6.59. The highest BCUT2D eigenvalue weighted by Crippen LogP contribution is 2.37. The Morgan fingerprint density at radius 3 is 2.45 bits per heavy atom. The van der Waals surface area contributed by atoms with Crippen LogP contribution in [0.5, 0.6) is 11.5 Å². The topological polar surface area (TPSA) is 39.7 Å². The molecule has 0 spiro atoms. The van der Waals surface area contributed by atoms with Crippen LogP contribution in [-0.4, -0.2) is 33.0 Å². The normalized spacial score (nSPS) is 11.5. The summed E-state index contributed by atoms with van der Waals surface area (Å²) in [5, 5.41) is 3.93. The summed E-state index contributed by atoms with van der Waals surface area (Å²) in [6.07, 6.45) is 0. The van der Waals surface area contributed by atoms with Crippen molar-refractivity contribution in [3.63, 3.8) is 0 Å². The lowest BCUT2D eigenvalue weighted by molar-refractivity contribution is -0.00897. The molecule has 1 aromatic rings. The lowest BCUT2D eigenvalue weighted by Gasteiger charge is -2.25. The van der Waals surface area contributed by atoms with Crippen LogP contribution >= 0.6 is 11.6 Å². The van der Waals surface area contributed by atoms with E-state index in [0.717, 1.165) is 12.1 Å². The van der Waals surface area contributed by atoms with Crippen molar-refractivity contribution < 1.29 is 14.2 Å². The van der Waals surface area contributed by atoms with Crippen molar-refractivity contribution in [1.82, 2.24) is 5.32 Å². The van der Waals surface area contributed by atoms with Crippen LogP contribution in [-0.2, 0) is 11.3 Å². The van der Waals surface area contributed by atoms with E-state index in [-0.39, 0.29) is 5.60 Å². The summed E-state index contributed by atoms with van der Waals surface area (Å²) in [7, 11) is 3.18. The van der Waals surface area contributed by atoms with E-state index in [1.807, 2.05) is 19.1 Å². The monoisotopic (exact) mass is 301 g/mol. The zero-order valence-electron chi connectivity index (χ0n) is 12.9. The highest BCUT2D eigenvalue weighted by atomic mass is 35.5. The molecule has 0 amide bonds. The summed E-state index contributed by atoms with van der Waals surface area (Å²) in [4.78, 5) is 0. The predicted octanol–water partition coefficient (Wildman–Crippen LogP) is 3.26. The summed E-state index contributed by atoms with van der Waals surface area (Å²) in [5.74, 6) is 1.20. The molecule has 20 heavy (non-hydrogen) atoms. The van der Waals surface area contributed by atoms with Crippen LogP contribution in [0.4, 0.5) is 0 Å². The first kappa shape index (κ1) is 17.1. The van der Waals surface area contributed by atoms with Crippen LogP contribution in [0.3, 0.4) is 0 Å². The van der Waals surface area contributed by atoms with Gasteiger partial charge < -0.3 is 19.5 Å². The summed E-state index contributed by atoms with van der Waals surface area (Å²) in [6.45, 7) is 8.19. The molecule has 5 heteroatoms. The average Bonchev–Trinajstić information content (AvgIpc) is 2.40. The first-order valence-electron chi connectivity index (χ1n) is 6.69. The minimum absolute atomic E-state index is 0.197. The number of hydrogen-bond acceptors (Lipinski definition) is 4. The summed E-state index contributed by atoms with van der Waals surface area (Å²) >= 11 is 6.33. The smallest absolute Gasteiger partial charge is 0.179 e. The molecule has 0 atom stereocenters. The number of halogens is 1. The maximum absolute atomic E-state index is 6.33. The standard InChI is InChI=1S/C15H24ClNO3/c1-6-20-15(2,3)10-17-9-11-7-8-12(18-4)14(19-5)13(11)16/h7-8,17H,6,9-10H2,1-5H3. The largest absolute Gasteiger partial charge is 0.493 e. The van der Waals surface area contributed by atoms with Gasteiger partial charge in [-0.3, -0.25) is 0 Å². The molecule has 0 fully saturated rings. The number of nitrogens with one attached hydrogen (secondary N) is 1. The molecule has 0 aliphatic rings. The van der Waals surface area contributed by atoms with Gasteiger partial charge >= 0.3 is 0 Å². The van der Waals surface area contributed by atoms with E-state index in [0.29, 0.717) is 29.7 Å². The average molecular weight is 302 g/mol. The van der Waals surface area contributed by atoms with Gasteiger partial charge in [-0.05, 0) is 32.4 Å². The summed E-state index contributed by atoms with van der Waals surface area (Å²) in [5.41, 5.74) is 0.772. The van der Waals surface area contributed by atoms with E-state index in [1.54, 1.807) is 14.2 Å². The molecule has 1 N–H and O–H groups in total. The Morgan fingerprint density at radius 1 is 1.20 bits per heavy atom. The van der Waals surface area contributed by atoms with Crippen molar-refractivity contribution in [3.8, 4) is 11.5 Å². The van der Waals surface area contributed by atoms with Crippen molar-refractivity contribution in [2.24, 2.45) is 0 Å². The molecule has 0 radical (unpaired) electrons. The van der Waals surface area contributed by atoms with Crippen LogP contribution in [0.15, 0.2) is 12.1 Å². The highest BCUT2D eigenvalue weighted by Gasteiger charge is 2.18. The molecule has 1 rings (SSSR count). The molecule has 0 unspecified atom stereocenters. The van der Waals surface area contributed by atoms with E-state index in [9.17, 15) is 0 Å². The Hall–Kier alpha value is -0.970. The molecule has 4 nitrogen and oxygen atoms in total. The number of methoxy groups -OCH3 is 2. The van der Waals surface area contributed by atoms with E-state index in [4.69, 9.17) is 25.8 Å². The molecular weight excluding hydrogens is 278 g/mol. The van der Waals surface area contributed by atoms with E-state index in [1.165, 1.54) is 0 Å². The van der Waals surface area contributed by atoms with Crippen molar-refractivity contribution in [2.75, 3.05) is 27.4 Å². The molecule has 0 aliphatic heterocycles. The van der Waals surface area contributed by atoms with Gasteiger partial charge in [-0.2, -0.15) is 0 Å². The summed E-state index contributed by atoms with van der Waals surface area (Å²) < 4.78 is 16.1. The number of benzene rings is 1. The van der Waals surface area contributed by atoms with Gasteiger partial charge in [0, 0.05) is 19.7 Å². The Morgan fingerprint density at radius 2 is 1.90 bits per heavy atom. The molecule has 0 saturated carbocycles. The van der Waals surface area contributed by atoms with Gasteiger partial charge in [-0.15, -0.1) is 0 Å². The Bertz CT molecular complexity index is 435. The van der Waals surface area contributed by atoms with Gasteiger partial charge in [-0.25, -0.2) is 0 Å². The predicted molar refractivity (Wildman–Crippen MR) is 82.0 cm³/mol. The van der Waals surface area contributed by atoms with Crippen LogP contribution in [0.1, 0.15) is 26.3 Å². The number of rotatable bonds is 8. The first-order valence-corrected chi connectivity index (χ1v) is 7.07. The maximum Gasteiger partial charge on any atom is 0.179 e.